The molecule has 1 aromatic heterocycles. The Labute approximate surface area is 117 Å². The molecule has 2 saturated carbocycles. The van der Waals surface area contributed by atoms with Crippen LogP contribution in [-0.2, 0) is 6.54 Å². The summed E-state index contributed by atoms with van der Waals surface area (Å²) in [6.07, 6.45) is 4.47. The minimum Gasteiger partial charge on any atom is -0.395 e. The first-order chi connectivity index (χ1) is 9.76. The van der Waals surface area contributed by atoms with Gasteiger partial charge in [-0.25, -0.2) is 4.39 Å². The van der Waals surface area contributed by atoms with E-state index < -0.39 is 6.17 Å². The Hall–Kier alpha value is -1.01. The molecule has 1 aromatic rings. The summed E-state index contributed by atoms with van der Waals surface area (Å²) >= 11 is 0. The van der Waals surface area contributed by atoms with E-state index >= 15 is 0 Å². The molecule has 3 fully saturated rings. The summed E-state index contributed by atoms with van der Waals surface area (Å²) in [5, 5.41) is 18.1. The molecule has 1 N–H and O–H groups in total. The van der Waals surface area contributed by atoms with Gasteiger partial charge in [0.1, 0.15) is 17.8 Å². The van der Waals surface area contributed by atoms with Crippen LogP contribution >= 0.6 is 0 Å². The molecule has 4 rings (SSSR count). The molecule has 1 saturated heterocycles. The molecule has 0 aromatic carbocycles. The molecule has 0 radical (unpaired) electrons. The van der Waals surface area contributed by atoms with Crippen LogP contribution in [0, 0.1) is 0 Å². The molecule has 0 bridgehead atoms. The smallest absolute Gasteiger partial charge is 0.147 e. The Bertz CT molecular complexity index is 497. The van der Waals surface area contributed by atoms with E-state index in [0.717, 1.165) is 11.6 Å². The number of rotatable bonds is 5. The Morgan fingerprint density at radius 2 is 2.00 bits per heavy atom. The maximum absolute atomic E-state index is 13.5. The minimum atomic E-state index is -0.827. The monoisotopic (exact) mass is 280 g/mol. The zero-order valence-corrected chi connectivity index (χ0v) is 11.6. The number of aliphatic hydroxyl groups is 1. The Morgan fingerprint density at radius 1 is 1.20 bits per heavy atom. The Morgan fingerprint density at radius 3 is 2.65 bits per heavy atom. The van der Waals surface area contributed by atoms with Gasteiger partial charge in [0, 0.05) is 24.5 Å². The van der Waals surface area contributed by atoms with Crippen molar-refractivity contribution in [2.45, 2.75) is 62.8 Å². The van der Waals surface area contributed by atoms with E-state index in [4.69, 9.17) is 0 Å². The standard InChI is InChI=1S/C14H21FN4O/c15-10-5-12(8-20)18(6-10)7-13-16-17-14(9-1-2-9)19(13)11-3-4-11/h9-12,20H,1-8H2/t10-,12-/m0/s1. The number of nitrogens with zero attached hydrogens (tertiary/aromatic N) is 4. The average molecular weight is 280 g/mol. The van der Waals surface area contributed by atoms with Crippen molar-refractivity contribution in [3.8, 4) is 0 Å². The maximum atomic E-state index is 13.5. The number of hydrogen-bond acceptors (Lipinski definition) is 4. The Kier molecular flexibility index (Phi) is 3.03. The molecule has 1 aliphatic heterocycles. The Balaban J connectivity index is 1.56. The lowest BCUT2D eigenvalue weighted by molar-refractivity contribution is 0.149. The number of halogens is 1. The lowest BCUT2D eigenvalue weighted by Gasteiger charge is -2.22. The van der Waals surface area contributed by atoms with E-state index in [0.29, 0.717) is 31.5 Å². The highest BCUT2D eigenvalue weighted by atomic mass is 19.1. The molecule has 2 atom stereocenters. The van der Waals surface area contributed by atoms with Crippen LogP contribution in [0.3, 0.4) is 0 Å². The highest BCUT2D eigenvalue weighted by Crippen LogP contribution is 2.44. The molecule has 5 nitrogen and oxygen atoms in total. The van der Waals surface area contributed by atoms with Crippen molar-refractivity contribution >= 4 is 0 Å². The van der Waals surface area contributed by atoms with Crippen LogP contribution < -0.4 is 0 Å². The second-order valence-corrected chi connectivity index (χ2v) is 6.45. The van der Waals surface area contributed by atoms with Gasteiger partial charge in [0.25, 0.3) is 0 Å². The largest absolute Gasteiger partial charge is 0.395 e. The molecular formula is C14H21FN4O. The molecule has 0 unspecified atom stereocenters. The van der Waals surface area contributed by atoms with Crippen LogP contribution in [-0.4, -0.2) is 50.1 Å². The van der Waals surface area contributed by atoms with Crippen LogP contribution in [0.25, 0.3) is 0 Å². The number of alkyl halides is 1. The van der Waals surface area contributed by atoms with Crippen molar-refractivity contribution in [2.75, 3.05) is 13.2 Å². The van der Waals surface area contributed by atoms with E-state index in [9.17, 15) is 9.50 Å². The molecule has 0 spiro atoms. The van der Waals surface area contributed by atoms with Gasteiger partial charge in [0.2, 0.25) is 0 Å². The minimum absolute atomic E-state index is 0.0213. The zero-order chi connectivity index (χ0) is 13.7. The van der Waals surface area contributed by atoms with Crippen LogP contribution in [0.15, 0.2) is 0 Å². The van der Waals surface area contributed by atoms with Gasteiger partial charge in [0.15, 0.2) is 0 Å². The van der Waals surface area contributed by atoms with Gasteiger partial charge in [-0.05, 0) is 32.1 Å². The summed E-state index contributed by atoms with van der Waals surface area (Å²) < 4.78 is 15.8. The van der Waals surface area contributed by atoms with Crippen LogP contribution in [0.2, 0.25) is 0 Å². The fourth-order valence-electron chi connectivity index (χ4n) is 3.28. The van der Waals surface area contributed by atoms with Gasteiger partial charge in [-0.2, -0.15) is 0 Å². The van der Waals surface area contributed by atoms with Crippen molar-refractivity contribution in [3.63, 3.8) is 0 Å². The number of likely N-dealkylation sites (tertiary alicyclic amines) is 1. The van der Waals surface area contributed by atoms with E-state index in [1.165, 1.54) is 25.7 Å². The molecular weight excluding hydrogens is 259 g/mol. The summed E-state index contributed by atoms with van der Waals surface area (Å²) in [5.41, 5.74) is 0. The second kappa shape index (κ2) is 4.77. The predicted octanol–water partition coefficient (Wildman–Crippen LogP) is 1.40. The fraction of sp³-hybridized carbons (Fsp3) is 0.857. The van der Waals surface area contributed by atoms with Gasteiger partial charge in [-0.3, -0.25) is 4.90 Å². The van der Waals surface area contributed by atoms with E-state index in [1.807, 2.05) is 4.90 Å². The van der Waals surface area contributed by atoms with Gasteiger partial charge >= 0.3 is 0 Å². The van der Waals surface area contributed by atoms with Crippen LogP contribution in [0.1, 0.15) is 55.7 Å². The quantitative estimate of drug-likeness (QED) is 0.885. The zero-order valence-electron chi connectivity index (χ0n) is 11.6. The number of aliphatic hydroxyl groups excluding tert-OH is 1. The third kappa shape index (κ3) is 2.24. The summed E-state index contributed by atoms with van der Waals surface area (Å²) in [6, 6.07) is 0.491. The molecule has 2 heterocycles. The van der Waals surface area contributed by atoms with Crippen molar-refractivity contribution in [1.82, 2.24) is 19.7 Å². The second-order valence-electron chi connectivity index (χ2n) is 6.45. The number of aromatic nitrogens is 3. The van der Waals surface area contributed by atoms with Crippen molar-refractivity contribution in [2.24, 2.45) is 0 Å². The van der Waals surface area contributed by atoms with Crippen molar-refractivity contribution in [1.29, 1.82) is 0 Å². The molecule has 3 aliphatic rings. The van der Waals surface area contributed by atoms with Gasteiger partial charge in [-0.15, -0.1) is 10.2 Å². The van der Waals surface area contributed by atoms with Crippen molar-refractivity contribution in [3.05, 3.63) is 11.6 Å². The first kappa shape index (κ1) is 12.7. The third-order valence-electron chi connectivity index (χ3n) is 4.68. The van der Waals surface area contributed by atoms with E-state index in [-0.39, 0.29) is 12.6 Å². The maximum Gasteiger partial charge on any atom is 0.147 e. The van der Waals surface area contributed by atoms with E-state index in [1.54, 1.807) is 0 Å². The fourth-order valence-corrected chi connectivity index (χ4v) is 3.28. The molecule has 6 heteroatoms. The average Bonchev–Trinajstić information content (AvgIpc) is 3.35. The SMILES string of the molecule is OC[C@@H]1C[C@H](F)CN1Cc1nnc(C2CC2)n1C1CC1. The first-order valence-electron chi connectivity index (χ1n) is 7.69. The highest BCUT2D eigenvalue weighted by Gasteiger charge is 2.38. The molecule has 20 heavy (non-hydrogen) atoms. The normalized spacial score (nSPS) is 31.1. The van der Waals surface area contributed by atoms with Crippen LogP contribution in [0.5, 0.6) is 0 Å². The summed E-state index contributed by atoms with van der Waals surface area (Å²) in [7, 11) is 0. The molecule has 0 amide bonds. The van der Waals surface area contributed by atoms with Gasteiger partial charge in [-0.1, -0.05) is 0 Å². The molecule has 2 aliphatic carbocycles. The first-order valence-corrected chi connectivity index (χ1v) is 7.69. The third-order valence-corrected chi connectivity index (χ3v) is 4.68. The summed E-state index contributed by atoms with van der Waals surface area (Å²) in [4.78, 5) is 2.02. The lowest BCUT2D eigenvalue weighted by atomic mass is 10.2. The van der Waals surface area contributed by atoms with Gasteiger partial charge in [0.05, 0.1) is 13.2 Å². The summed E-state index contributed by atoms with van der Waals surface area (Å²) in [6.45, 7) is 1.04. The van der Waals surface area contributed by atoms with Crippen molar-refractivity contribution < 1.29 is 9.50 Å². The van der Waals surface area contributed by atoms with Crippen LogP contribution in [0.4, 0.5) is 4.39 Å². The predicted molar refractivity (Wildman–Crippen MR) is 71.1 cm³/mol. The highest BCUT2D eigenvalue weighted by molar-refractivity contribution is 5.12. The van der Waals surface area contributed by atoms with E-state index in [2.05, 4.69) is 14.8 Å². The lowest BCUT2D eigenvalue weighted by Crippen LogP contribution is -2.33. The van der Waals surface area contributed by atoms with Gasteiger partial charge < -0.3 is 9.67 Å². The summed E-state index contributed by atoms with van der Waals surface area (Å²) in [5.74, 6) is 2.69. The number of hydrogen-bond donors (Lipinski definition) is 1. The molecule has 110 valence electrons. The topological polar surface area (TPSA) is 54.2 Å².